The maximum atomic E-state index is 12.8. The van der Waals surface area contributed by atoms with Crippen molar-refractivity contribution in [3.63, 3.8) is 0 Å². The number of methoxy groups -OCH3 is 1. The number of hydrogen-bond acceptors (Lipinski definition) is 4. The number of hydrogen-bond donors (Lipinski definition) is 0. The molecule has 0 radical (unpaired) electrons. The number of benzene rings is 2. The van der Waals surface area contributed by atoms with E-state index in [4.69, 9.17) is 4.74 Å². The van der Waals surface area contributed by atoms with Gasteiger partial charge in [-0.2, -0.15) is 0 Å². The molecule has 2 aromatic carbocycles. The minimum absolute atomic E-state index is 0.0101. The Morgan fingerprint density at radius 1 is 1.15 bits per heavy atom. The molecule has 0 aliphatic carbocycles. The molecular formula is C21H23N3O2. The number of nitrogens with zero attached hydrogens (tertiary/aromatic N) is 3. The fraction of sp³-hybridized carbons (Fsp3) is 0.333. The summed E-state index contributed by atoms with van der Waals surface area (Å²) < 4.78 is 6.96. The van der Waals surface area contributed by atoms with Crippen molar-refractivity contribution in [2.75, 3.05) is 13.7 Å². The summed E-state index contributed by atoms with van der Waals surface area (Å²) >= 11 is 0. The van der Waals surface area contributed by atoms with E-state index in [0.717, 1.165) is 36.2 Å². The van der Waals surface area contributed by atoms with Crippen LogP contribution in [0.1, 0.15) is 30.1 Å². The van der Waals surface area contributed by atoms with E-state index in [2.05, 4.69) is 22.0 Å². The van der Waals surface area contributed by atoms with E-state index in [-0.39, 0.29) is 5.56 Å². The molecule has 0 saturated carbocycles. The zero-order valence-corrected chi connectivity index (χ0v) is 15.2. The number of fused-ring (bicyclic) bond motifs is 1. The van der Waals surface area contributed by atoms with Gasteiger partial charge in [0.05, 0.1) is 18.1 Å². The van der Waals surface area contributed by atoms with Crippen molar-refractivity contribution in [1.82, 2.24) is 14.5 Å². The van der Waals surface area contributed by atoms with Gasteiger partial charge in [0.2, 0.25) is 0 Å². The van der Waals surface area contributed by atoms with E-state index in [1.54, 1.807) is 11.7 Å². The molecule has 5 heteroatoms. The first kappa shape index (κ1) is 16.8. The molecule has 0 spiro atoms. The topological polar surface area (TPSA) is 47.4 Å². The van der Waals surface area contributed by atoms with Gasteiger partial charge in [0.25, 0.3) is 5.56 Å². The Bertz CT molecular complexity index is 979. The van der Waals surface area contributed by atoms with E-state index in [1.165, 1.54) is 5.56 Å². The Labute approximate surface area is 152 Å². The van der Waals surface area contributed by atoms with Gasteiger partial charge in [0.1, 0.15) is 11.4 Å². The smallest absolute Gasteiger partial charge is 0.273 e. The van der Waals surface area contributed by atoms with Crippen molar-refractivity contribution < 1.29 is 4.74 Å². The summed E-state index contributed by atoms with van der Waals surface area (Å²) in [7, 11) is 3.50. The summed E-state index contributed by atoms with van der Waals surface area (Å²) in [6.45, 7) is 1.56. The standard InChI is InChI=1S/C21H23N3O2/c1-23-20-7-4-3-6-17(20)22-18(21(23)25)14-24-13-5-8-19(24)15-9-11-16(26-2)12-10-15/h3-4,6-7,9-12,19H,5,8,13-14H2,1-2H3. The van der Waals surface area contributed by atoms with E-state index in [0.29, 0.717) is 18.3 Å². The Balaban J connectivity index is 1.64. The molecule has 0 N–H and O–H groups in total. The van der Waals surface area contributed by atoms with Crippen molar-refractivity contribution in [2.24, 2.45) is 7.05 Å². The highest BCUT2D eigenvalue weighted by molar-refractivity contribution is 5.74. The van der Waals surface area contributed by atoms with Crippen LogP contribution in [0.15, 0.2) is 53.3 Å². The number of para-hydroxylation sites is 2. The summed E-state index contributed by atoms with van der Waals surface area (Å²) in [6, 6.07) is 16.3. The zero-order chi connectivity index (χ0) is 18.1. The van der Waals surface area contributed by atoms with Crippen LogP contribution >= 0.6 is 0 Å². The second-order valence-corrected chi connectivity index (χ2v) is 6.81. The van der Waals surface area contributed by atoms with Crippen LogP contribution in [0.3, 0.4) is 0 Å². The van der Waals surface area contributed by atoms with Gasteiger partial charge in [0, 0.05) is 19.6 Å². The Hall–Kier alpha value is -2.66. The molecule has 1 fully saturated rings. The molecule has 3 aromatic rings. The second-order valence-electron chi connectivity index (χ2n) is 6.81. The highest BCUT2D eigenvalue weighted by Crippen LogP contribution is 2.33. The van der Waals surface area contributed by atoms with Crippen molar-refractivity contribution in [1.29, 1.82) is 0 Å². The van der Waals surface area contributed by atoms with Gasteiger partial charge in [-0.15, -0.1) is 0 Å². The molecule has 0 amide bonds. The number of aromatic nitrogens is 2. The zero-order valence-electron chi connectivity index (χ0n) is 15.2. The molecule has 1 aliphatic rings. The summed E-state index contributed by atoms with van der Waals surface area (Å²) in [5.41, 5.74) is 3.61. The van der Waals surface area contributed by atoms with Crippen LogP contribution in [0.5, 0.6) is 5.75 Å². The lowest BCUT2D eigenvalue weighted by Gasteiger charge is -2.24. The van der Waals surface area contributed by atoms with Crippen molar-refractivity contribution in [3.8, 4) is 5.75 Å². The lowest BCUT2D eigenvalue weighted by Crippen LogP contribution is -2.30. The van der Waals surface area contributed by atoms with E-state index in [1.807, 2.05) is 43.4 Å². The Morgan fingerprint density at radius 2 is 1.92 bits per heavy atom. The molecule has 4 rings (SSSR count). The molecule has 1 aromatic heterocycles. The van der Waals surface area contributed by atoms with Gasteiger partial charge in [-0.25, -0.2) is 4.98 Å². The van der Waals surface area contributed by atoms with Crippen LogP contribution < -0.4 is 10.3 Å². The first-order chi connectivity index (χ1) is 12.7. The SMILES string of the molecule is COc1ccc(C2CCCN2Cc2nc3ccccc3n(C)c2=O)cc1. The highest BCUT2D eigenvalue weighted by atomic mass is 16.5. The summed E-state index contributed by atoms with van der Waals surface area (Å²) in [5.74, 6) is 0.864. The van der Waals surface area contributed by atoms with Crippen molar-refractivity contribution in [2.45, 2.75) is 25.4 Å². The lowest BCUT2D eigenvalue weighted by atomic mass is 10.0. The first-order valence-electron chi connectivity index (χ1n) is 9.00. The van der Waals surface area contributed by atoms with Crippen LogP contribution in [0, 0.1) is 0 Å². The van der Waals surface area contributed by atoms with Crippen LogP contribution in [0.25, 0.3) is 11.0 Å². The predicted octanol–water partition coefficient (Wildman–Crippen LogP) is 3.28. The molecule has 1 atom stereocenters. The lowest BCUT2D eigenvalue weighted by molar-refractivity contribution is 0.244. The fourth-order valence-electron chi connectivity index (χ4n) is 3.85. The third-order valence-corrected chi connectivity index (χ3v) is 5.27. The summed E-state index contributed by atoms with van der Waals surface area (Å²) in [6.07, 6.45) is 2.23. The second kappa shape index (κ2) is 6.92. The number of ether oxygens (including phenoxy) is 1. The monoisotopic (exact) mass is 349 g/mol. The van der Waals surface area contributed by atoms with Gasteiger partial charge in [-0.1, -0.05) is 24.3 Å². The van der Waals surface area contributed by atoms with Crippen LogP contribution in [0.4, 0.5) is 0 Å². The van der Waals surface area contributed by atoms with Crippen LogP contribution in [0.2, 0.25) is 0 Å². The van der Waals surface area contributed by atoms with Gasteiger partial charge in [-0.05, 0) is 49.2 Å². The third-order valence-electron chi connectivity index (χ3n) is 5.27. The maximum absolute atomic E-state index is 12.8. The molecule has 1 unspecified atom stereocenters. The highest BCUT2D eigenvalue weighted by Gasteiger charge is 2.27. The van der Waals surface area contributed by atoms with E-state index >= 15 is 0 Å². The predicted molar refractivity (Wildman–Crippen MR) is 102 cm³/mol. The van der Waals surface area contributed by atoms with E-state index < -0.39 is 0 Å². The maximum Gasteiger partial charge on any atom is 0.273 e. The average Bonchev–Trinajstić information content (AvgIpc) is 3.14. The fourth-order valence-corrected chi connectivity index (χ4v) is 3.85. The molecule has 26 heavy (non-hydrogen) atoms. The van der Waals surface area contributed by atoms with Gasteiger partial charge in [0.15, 0.2) is 0 Å². The Morgan fingerprint density at radius 3 is 2.69 bits per heavy atom. The molecule has 134 valence electrons. The van der Waals surface area contributed by atoms with E-state index in [9.17, 15) is 4.79 Å². The molecule has 1 saturated heterocycles. The number of aryl methyl sites for hydroxylation is 1. The third kappa shape index (κ3) is 2.99. The minimum atomic E-state index is -0.0101. The van der Waals surface area contributed by atoms with Crippen LogP contribution in [-0.2, 0) is 13.6 Å². The minimum Gasteiger partial charge on any atom is -0.497 e. The molecule has 5 nitrogen and oxygen atoms in total. The van der Waals surface area contributed by atoms with Gasteiger partial charge < -0.3 is 9.30 Å². The van der Waals surface area contributed by atoms with Gasteiger partial charge >= 0.3 is 0 Å². The van der Waals surface area contributed by atoms with Gasteiger partial charge in [-0.3, -0.25) is 9.69 Å². The molecule has 0 bridgehead atoms. The normalized spacial score (nSPS) is 17.7. The summed E-state index contributed by atoms with van der Waals surface area (Å²) in [5, 5.41) is 0. The average molecular weight is 349 g/mol. The number of likely N-dealkylation sites (tertiary alicyclic amines) is 1. The molecular weight excluding hydrogens is 326 g/mol. The quantitative estimate of drug-likeness (QED) is 0.725. The Kier molecular flexibility index (Phi) is 4.47. The number of rotatable bonds is 4. The largest absolute Gasteiger partial charge is 0.497 e. The first-order valence-corrected chi connectivity index (χ1v) is 9.00. The molecule has 2 heterocycles. The van der Waals surface area contributed by atoms with Crippen molar-refractivity contribution in [3.05, 3.63) is 70.1 Å². The van der Waals surface area contributed by atoms with Crippen LogP contribution in [-0.4, -0.2) is 28.1 Å². The summed E-state index contributed by atoms with van der Waals surface area (Å²) in [4.78, 5) is 19.8. The molecule has 1 aliphatic heterocycles. The van der Waals surface area contributed by atoms with Crippen molar-refractivity contribution >= 4 is 11.0 Å².